The zero-order valence-corrected chi connectivity index (χ0v) is 12.7. The lowest BCUT2D eigenvalue weighted by Crippen LogP contribution is -2.44. The summed E-state index contributed by atoms with van der Waals surface area (Å²) in [6.45, 7) is 0.154. The van der Waals surface area contributed by atoms with Crippen LogP contribution >= 0.6 is 15.9 Å². The predicted octanol–water partition coefficient (Wildman–Crippen LogP) is 2.58. The second kappa shape index (κ2) is 6.74. The molecule has 1 aliphatic carbocycles. The molecule has 20 heavy (non-hydrogen) atoms. The monoisotopic (exact) mass is 339 g/mol. The van der Waals surface area contributed by atoms with E-state index in [1.165, 1.54) is 0 Å². The predicted molar refractivity (Wildman–Crippen MR) is 80.8 cm³/mol. The summed E-state index contributed by atoms with van der Waals surface area (Å²) in [5, 5.41) is 11.7. The topological polar surface area (TPSA) is 78.9 Å². The number of hydrogen-bond donors (Lipinski definition) is 2. The van der Waals surface area contributed by atoms with Crippen LogP contribution in [0.25, 0.3) is 0 Å². The molecule has 0 radical (unpaired) electrons. The molecule has 3 N–H and O–H groups in total. The van der Waals surface area contributed by atoms with Crippen LogP contribution in [-0.4, -0.2) is 34.4 Å². The van der Waals surface area contributed by atoms with E-state index < -0.39 is 0 Å². The van der Waals surface area contributed by atoms with E-state index in [1.54, 1.807) is 11.0 Å². The molecule has 0 aliphatic heterocycles. The van der Waals surface area contributed by atoms with Gasteiger partial charge in [0.05, 0.1) is 12.1 Å². The van der Waals surface area contributed by atoms with Crippen molar-refractivity contribution >= 4 is 27.7 Å². The fourth-order valence-corrected chi connectivity index (χ4v) is 3.03. The van der Waals surface area contributed by atoms with Crippen LogP contribution in [0.15, 0.2) is 33.9 Å². The van der Waals surface area contributed by atoms with Crippen LogP contribution in [0, 0.1) is 0 Å². The Kier molecular flexibility index (Phi) is 5.00. The van der Waals surface area contributed by atoms with Crippen molar-refractivity contribution in [2.45, 2.75) is 31.7 Å². The van der Waals surface area contributed by atoms with Gasteiger partial charge < -0.3 is 15.8 Å². The molecule has 1 saturated carbocycles. The molecule has 108 valence electrons. The second-order valence-corrected chi connectivity index (χ2v) is 5.80. The van der Waals surface area contributed by atoms with Crippen LogP contribution in [-0.2, 0) is 0 Å². The molecule has 1 aromatic rings. The Balaban J connectivity index is 2.25. The number of hydrogen-bond acceptors (Lipinski definition) is 3. The van der Waals surface area contributed by atoms with Crippen LogP contribution in [0.5, 0.6) is 0 Å². The van der Waals surface area contributed by atoms with E-state index >= 15 is 0 Å². The summed E-state index contributed by atoms with van der Waals surface area (Å²) in [6.07, 6.45) is 4.16. The molecule has 0 atom stereocenters. The number of amides is 1. The van der Waals surface area contributed by atoms with Gasteiger partial charge >= 0.3 is 0 Å². The Bertz CT molecular complexity index is 513. The van der Waals surface area contributed by atoms with Crippen LogP contribution in [0.3, 0.4) is 0 Å². The number of benzene rings is 1. The van der Waals surface area contributed by atoms with Crippen molar-refractivity contribution in [3.8, 4) is 0 Å². The molecule has 1 aliphatic rings. The molecule has 0 heterocycles. The minimum absolute atomic E-state index is 0.0531. The van der Waals surface area contributed by atoms with Gasteiger partial charge in [0.25, 0.3) is 5.91 Å². The van der Waals surface area contributed by atoms with Crippen molar-refractivity contribution in [1.82, 2.24) is 4.90 Å². The first-order valence-corrected chi connectivity index (χ1v) is 7.44. The van der Waals surface area contributed by atoms with Gasteiger partial charge in [0.15, 0.2) is 5.84 Å². The summed E-state index contributed by atoms with van der Waals surface area (Å²) < 4.78 is 0.757. The fourth-order valence-electron chi connectivity index (χ4n) is 2.58. The Labute approximate surface area is 126 Å². The maximum Gasteiger partial charge on any atom is 0.255 e. The van der Waals surface area contributed by atoms with Crippen molar-refractivity contribution in [1.29, 1.82) is 0 Å². The smallest absolute Gasteiger partial charge is 0.255 e. The number of nitrogens with two attached hydrogens (primary N) is 1. The Morgan fingerprint density at radius 2 is 2.05 bits per heavy atom. The second-order valence-electron chi connectivity index (χ2n) is 4.94. The Morgan fingerprint density at radius 3 is 2.65 bits per heavy atom. The molecule has 2 rings (SSSR count). The van der Waals surface area contributed by atoms with E-state index in [0.717, 1.165) is 30.2 Å². The number of carbonyl (C=O) groups is 1. The van der Waals surface area contributed by atoms with Gasteiger partial charge in [-0.3, -0.25) is 4.79 Å². The van der Waals surface area contributed by atoms with Crippen LogP contribution in [0.1, 0.15) is 36.0 Å². The molecule has 0 saturated heterocycles. The average Bonchev–Trinajstić information content (AvgIpc) is 2.98. The summed E-state index contributed by atoms with van der Waals surface area (Å²) in [4.78, 5) is 14.4. The van der Waals surface area contributed by atoms with Gasteiger partial charge in [0, 0.05) is 10.5 Å². The maximum absolute atomic E-state index is 12.7. The van der Waals surface area contributed by atoms with Crippen molar-refractivity contribution in [2.75, 3.05) is 6.54 Å². The van der Waals surface area contributed by atoms with Crippen LogP contribution < -0.4 is 5.73 Å². The van der Waals surface area contributed by atoms with Crippen molar-refractivity contribution in [3.63, 3.8) is 0 Å². The number of nitrogens with zero attached hydrogens (tertiary/aromatic N) is 2. The summed E-state index contributed by atoms with van der Waals surface area (Å²) >= 11 is 3.40. The van der Waals surface area contributed by atoms with Crippen molar-refractivity contribution in [2.24, 2.45) is 10.9 Å². The highest BCUT2D eigenvalue weighted by Crippen LogP contribution is 2.26. The molecular formula is C14H18BrN3O2. The van der Waals surface area contributed by atoms with Gasteiger partial charge in [-0.2, -0.15) is 0 Å². The third-order valence-corrected chi connectivity index (χ3v) is 4.28. The summed E-state index contributed by atoms with van der Waals surface area (Å²) in [5.41, 5.74) is 6.19. The maximum atomic E-state index is 12.7. The number of halogens is 1. The lowest BCUT2D eigenvalue weighted by atomic mass is 10.1. The first-order valence-electron chi connectivity index (χ1n) is 6.65. The minimum atomic E-state index is -0.0871. The fraction of sp³-hybridized carbons (Fsp3) is 0.429. The molecule has 0 spiro atoms. The van der Waals surface area contributed by atoms with Gasteiger partial charge in [-0.05, 0) is 40.9 Å². The Morgan fingerprint density at radius 1 is 1.40 bits per heavy atom. The van der Waals surface area contributed by atoms with E-state index in [4.69, 9.17) is 10.9 Å². The Hall–Kier alpha value is -1.56. The zero-order chi connectivity index (χ0) is 14.5. The first kappa shape index (κ1) is 14.8. The first-order chi connectivity index (χ1) is 9.63. The van der Waals surface area contributed by atoms with Crippen molar-refractivity contribution in [3.05, 3.63) is 34.3 Å². The summed E-state index contributed by atoms with van der Waals surface area (Å²) in [5.74, 6) is -0.0340. The van der Waals surface area contributed by atoms with E-state index in [2.05, 4.69) is 21.1 Å². The van der Waals surface area contributed by atoms with Crippen LogP contribution in [0.2, 0.25) is 0 Å². The van der Waals surface area contributed by atoms with Crippen LogP contribution in [0.4, 0.5) is 0 Å². The molecule has 0 aromatic heterocycles. The largest absolute Gasteiger partial charge is 0.409 e. The van der Waals surface area contributed by atoms with E-state index in [9.17, 15) is 4.79 Å². The summed E-state index contributed by atoms with van der Waals surface area (Å²) in [6, 6.07) is 7.47. The van der Waals surface area contributed by atoms with E-state index in [1.807, 2.05) is 18.2 Å². The van der Waals surface area contributed by atoms with Gasteiger partial charge in [0.2, 0.25) is 0 Å². The number of carbonyl (C=O) groups excluding carboxylic acids is 1. The number of oxime groups is 1. The normalized spacial score (nSPS) is 16.4. The average molecular weight is 340 g/mol. The summed E-state index contributed by atoms with van der Waals surface area (Å²) in [7, 11) is 0. The lowest BCUT2D eigenvalue weighted by Gasteiger charge is -2.28. The highest BCUT2D eigenvalue weighted by atomic mass is 79.9. The van der Waals surface area contributed by atoms with Crippen molar-refractivity contribution < 1.29 is 10.0 Å². The minimum Gasteiger partial charge on any atom is -0.409 e. The third kappa shape index (κ3) is 3.30. The number of rotatable bonds is 4. The zero-order valence-electron chi connectivity index (χ0n) is 11.1. The molecule has 0 unspecified atom stereocenters. The highest BCUT2D eigenvalue weighted by molar-refractivity contribution is 9.10. The molecule has 1 aromatic carbocycles. The quantitative estimate of drug-likeness (QED) is 0.383. The highest BCUT2D eigenvalue weighted by Gasteiger charge is 2.28. The molecule has 0 bridgehead atoms. The van der Waals surface area contributed by atoms with Gasteiger partial charge in [-0.15, -0.1) is 0 Å². The molecule has 1 amide bonds. The molecule has 5 nitrogen and oxygen atoms in total. The molecule has 1 fully saturated rings. The number of amidine groups is 1. The third-order valence-electron chi connectivity index (χ3n) is 3.59. The molecule has 6 heteroatoms. The standard InChI is InChI=1S/C14H18BrN3O2/c15-12-8-4-3-7-11(12)14(19)18(9-13(16)17-20)10-5-1-2-6-10/h3-4,7-8,10,20H,1-2,5-6,9H2,(H2,16,17). The van der Waals surface area contributed by atoms with Gasteiger partial charge in [-0.25, -0.2) is 0 Å². The molecular weight excluding hydrogens is 322 g/mol. The lowest BCUT2D eigenvalue weighted by molar-refractivity contribution is 0.0711. The van der Waals surface area contributed by atoms with Gasteiger partial charge in [0.1, 0.15) is 0 Å². The van der Waals surface area contributed by atoms with E-state index in [0.29, 0.717) is 5.56 Å². The SMILES string of the molecule is NC(CN(C(=O)c1ccccc1Br)C1CCCC1)=NO. The van der Waals surface area contributed by atoms with Gasteiger partial charge in [-0.1, -0.05) is 30.1 Å². The van der Waals surface area contributed by atoms with E-state index in [-0.39, 0.29) is 24.3 Å².